The number of hydrogen-bond donors (Lipinski definition) is 1. The third-order valence-electron chi connectivity index (χ3n) is 4.37. The van der Waals surface area contributed by atoms with Crippen LogP contribution in [0.3, 0.4) is 0 Å². The molecule has 0 radical (unpaired) electrons. The molecule has 2 heterocycles. The Morgan fingerprint density at radius 2 is 2.06 bits per heavy atom. The van der Waals surface area contributed by atoms with Crippen LogP contribution in [-0.2, 0) is 0 Å². The zero-order valence-corrected chi connectivity index (χ0v) is 11.1. The topological polar surface area (TPSA) is 32.5 Å². The van der Waals surface area contributed by atoms with Gasteiger partial charge in [-0.3, -0.25) is 4.90 Å². The van der Waals surface area contributed by atoms with Crippen molar-refractivity contribution in [1.29, 1.82) is 0 Å². The Morgan fingerprint density at radius 1 is 1.31 bits per heavy atom. The molecule has 2 saturated heterocycles. The van der Waals surface area contributed by atoms with Crippen LogP contribution in [0.25, 0.3) is 0 Å². The summed E-state index contributed by atoms with van der Waals surface area (Å²) in [5, 5.41) is 0. The molecule has 2 N–H and O–H groups in total. The van der Waals surface area contributed by atoms with E-state index in [4.69, 9.17) is 5.73 Å². The highest BCUT2D eigenvalue weighted by molar-refractivity contribution is 4.96. The van der Waals surface area contributed by atoms with E-state index in [9.17, 15) is 0 Å². The molecule has 0 aromatic heterocycles. The molecule has 2 aliphatic heterocycles. The van der Waals surface area contributed by atoms with Crippen molar-refractivity contribution in [1.82, 2.24) is 9.80 Å². The Morgan fingerprint density at radius 3 is 2.75 bits per heavy atom. The summed E-state index contributed by atoms with van der Waals surface area (Å²) in [6.07, 6.45) is 4.15. The monoisotopic (exact) mass is 225 g/mol. The summed E-state index contributed by atoms with van der Waals surface area (Å²) in [7, 11) is 2.28. The van der Waals surface area contributed by atoms with Gasteiger partial charge in [0.15, 0.2) is 0 Å². The van der Waals surface area contributed by atoms with E-state index in [-0.39, 0.29) is 5.41 Å². The average molecular weight is 225 g/mol. The zero-order valence-electron chi connectivity index (χ0n) is 11.1. The van der Waals surface area contributed by atoms with Crippen LogP contribution < -0.4 is 5.73 Å². The van der Waals surface area contributed by atoms with Crippen LogP contribution in [0, 0.1) is 5.41 Å². The second-order valence-electron chi connectivity index (χ2n) is 6.39. The third-order valence-corrected chi connectivity index (χ3v) is 4.37. The maximum atomic E-state index is 5.82. The van der Waals surface area contributed by atoms with Gasteiger partial charge in [-0.1, -0.05) is 13.8 Å². The molecule has 0 bridgehead atoms. The van der Waals surface area contributed by atoms with Gasteiger partial charge in [0.2, 0.25) is 0 Å². The van der Waals surface area contributed by atoms with Crippen LogP contribution in [0.4, 0.5) is 0 Å². The highest BCUT2D eigenvalue weighted by Crippen LogP contribution is 2.31. The van der Waals surface area contributed by atoms with E-state index in [1.54, 1.807) is 0 Å². The summed E-state index contributed by atoms with van der Waals surface area (Å²) in [5.74, 6) is 0. The predicted molar refractivity (Wildman–Crippen MR) is 68.5 cm³/mol. The molecular weight excluding hydrogens is 198 g/mol. The molecule has 3 nitrogen and oxygen atoms in total. The van der Waals surface area contributed by atoms with E-state index in [1.807, 2.05) is 0 Å². The van der Waals surface area contributed by atoms with Crippen LogP contribution >= 0.6 is 0 Å². The van der Waals surface area contributed by atoms with Gasteiger partial charge in [0.25, 0.3) is 0 Å². The fourth-order valence-corrected chi connectivity index (χ4v) is 3.43. The number of rotatable bonds is 4. The van der Waals surface area contributed by atoms with Crippen molar-refractivity contribution in [2.24, 2.45) is 11.1 Å². The molecule has 0 aromatic carbocycles. The molecule has 16 heavy (non-hydrogen) atoms. The number of nitrogens with zero attached hydrogens (tertiary/aromatic N) is 2. The van der Waals surface area contributed by atoms with Crippen molar-refractivity contribution in [3.63, 3.8) is 0 Å². The largest absolute Gasteiger partial charge is 0.330 e. The quantitative estimate of drug-likeness (QED) is 0.779. The van der Waals surface area contributed by atoms with Gasteiger partial charge in [0.1, 0.15) is 0 Å². The molecule has 2 aliphatic rings. The van der Waals surface area contributed by atoms with Crippen molar-refractivity contribution in [3.8, 4) is 0 Å². The minimum Gasteiger partial charge on any atom is -0.330 e. The van der Waals surface area contributed by atoms with Crippen LogP contribution in [-0.4, -0.2) is 55.1 Å². The summed E-state index contributed by atoms with van der Waals surface area (Å²) < 4.78 is 0. The van der Waals surface area contributed by atoms with E-state index < -0.39 is 0 Å². The van der Waals surface area contributed by atoms with Gasteiger partial charge in [-0.15, -0.1) is 0 Å². The lowest BCUT2D eigenvalue weighted by Crippen LogP contribution is -2.46. The Bertz CT molecular complexity index is 239. The Labute approximate surface area is 100.0 Å². The molecule has 0 aliphatic carbocycles. The summed E-state index contributed by atoms with van der Waals surface area (Å²) in [6, 6.07) is 1.60. The molecule has 94 valence electrons. The van der Waals surface area contributed by atoms with E-state index in [1.165, 1.54) is 32.4 Å². The van der Waals surface area contributed by atoms with E-state index >= 15 is 0 Å². The number of hydrogen-bond acceptors (Lipinski definition) is 3. The second kappa shape index (κ2) is 4.63. The Kier molecular flexibility index (Phi) is 3.57. The third kappa shape index (κ3) is 2.41. The van der Waals surface area contributed by atoms with Gasteiger partial charge >= 0.3 is 0 Å². The lowest BCUT2D eigenvalue weighted by atomic mass is 9.92. The van der Waals surface area contributed by atoms with Crippen LogP contribution in [0.5, 0.6) is 0 Å². The van der Waals surface area contributed by atoms with Gasteiger partial charge in [0, 0.05) is 25.2 Å². The van der Waals surface area contributed by atoms with Crippen molar-refractivity contribution >= 4 is 0 Å². The van der Waals surface area contributed by atoms with E-state index in [0.717, 1.165) is 25.2 Å². The fraction of sp³-hybridized carbons (Fsp3) is 1.00. The predicted octanol–water partition coefficient (Wildman–Crippen LogP) is 1.14. The summed E-state index contributed by atoms with van der Waals surface area (Å²) >= 11 is 0. The lowest BCUT2D eigenvalue weighted by molar-refractivity contribution is 0.140. The van der Waals surface area contributed by atoms with Gasteiger partial charge < -0.3 is 10.6 Å². The van der Waals surface area contributed by atoms with E-state index in [0.29, 0.717) is 0 Å². The standard InChI is InChI=1S/C13H27N3/c1-13(2,9-14)10-15(3)11-6-8-16-7-4-5-12(11)16/h11-12H,4-10,14H2,1-3H3. The van der Waals surface area contributed by atoms with Crippen LogP contribution in [0.1, 0.15) is 33.1 Å². The van der Waals surface area contributed by atoms with Crippen molar-refractivity contribution in [2.75, 3.05) is 33.2 Å². The molecule has 2 rings (SSSR count). The SMILES string of the molecule is CN(CC(C)(C)CN)C1CCN2CCCC12. The maximum Gasteiger partial charge on any atom is 0.0260 e. The zero-order chi connectivity index (χ0) is 11.8. The molecule has 0 amide bonds. The minimum absolute atomic E-state index is 0.251. The smallest absolute Gasteiger partial charge is 0.0260 e. The van der Waals surface area contributed by atoms with Crippen molar-refractivity contribution < 1.29 is 0 Å². The first-order chi connectivity index (χ1) is 7.53. The van der Waals surface area contributed by atoms with Crippen LogP contribution in [0.2, 0.25) is 0 Å². The van der Waals surface area contributed by atoms with E-state index in [2.05, 4.69) is 30.7 Å². The number of fused-ring (bicyclic) bond motifs is 1. The number of likely N-dealkylation sites (N-methyl/N-ethyl adjacent to an activating group) is 1. The maximum absolute atomic E-state index is 5.82. The highest BCUT2D eigenvalue weighted by atomic mass is 15.3. The summed E-state index contributed by atoms with van der Waals surface area (Å²) in [5.41, 5.74) is 6.07. The molecule has 0 aromatic rings. The van der Waals surface area contributed by atoms with Crippen molar-refractivity contribution in [3.05, 3.63) is 0 Å². The van der Waals surface area contributed by atoms with Crippen molar-refractivity contribution in [2.45, 2.75) is 45.2 Å². The summed E-state index contributed by atoms with van der Waals surface area (Å²) in [6.45, 7) is 9.07. The molecule has 2 fully saturated rings. The first kappa shape index (κ1) is 12.3. The van der Waals surface area contributed by atoms with Gasteiger partial charge in [-0.25, -0.2) is 0 Å². The molecule has 0 saturated carbocycles. The minimum atomic E-state index is 0.251. The number of nitrogens with two attached hydrogens (primary N) is 1. The molecule has 2 unspecified atom stereocenters. The van der Waals surface area contributed by atoms with Crippen LogP contribution in [0.15, 0.2) is 0 Å². The Balaban J connectivity index is 1.92. The molecular formula is C13H27N3. The lowest BCUT2D eigenvalue weighted by Gasteiger charge is -2.35. The highest BCUT2D eigenvalue weighted by Gasteiger charge is 2.39. The molecule has 0 spiro atoms. The first-order valence-electron chi connectivity index (χ1n) is 6.68. The normalized spacial score (nSPS) is 31.3. The Hall–Kier alpha value is -0.120. The van der Waals surface area contributed by atoms with Gasteiger partial charge in [0.05, 0.1) is 0 Å². The van der Waals surface area contributed by atoms with Gasteiger partial charge in [-0.05, 0) is 44.8 Å². The summed E-state index contributed by atoms with van der Waals surface area (Å²) in [4.78, 5) is 5.24. The first-order valence-corrected chi connectivity index (χ1v) is 6.68. The second-order valence-corrected chi connectivity index (χ2v) is 6.39. The molecule has 2 atom stereocenters. The average Bonchev–Trinajstić information content (AvgIpc) is 2.77. The van der Waals surface area contributed by atoms with Gasteiger partial charge in [-0.2, -0.15) is 0 Å². The molecule has 3 heteroatoms. The fourth-order valence-electron chi connectivity index (χ4n) is 3.43.